The third-order valence-electron chi connectivity index (χ3n) is 5.91. The fourth-order valence-corrected chi connectivity index (χ4v) is 5.57. The molecule has 2 heterocycles. The first kappa shape index (κ1) is 16.1. The molecule has 130 valence electrons. The summed E-state index contributed by atoms with van der Waals surface area (Å²) >= 11 is 1.54. The van der Waals surface area contributed by atoms with E-state index in [0.717, 1.165) is 28.4 Å². The van der Waals surface area contributed by atoms with Crippen molar-refractivity contribution in [2.45, 2.75) is 51.4 Å². The number of hydrogen-bond donors (Lipinski definition) is 1. The van der Waals surface area contributed by atoms with E-state index in [4.69, 9.17) is 0 Å². The van der Waals surface area contributed by atoms with Gasteiger partial charge >= 0.3 is 5.97 Å². The summed E-state index contributed by atoms with van der Waals surface area (Å²) < 4.78 is 0. The van der Waals surface area contributed by atoms with E-state index >= 15 is 0 Å². The van der Waals surface area contributed by atoms with Gasteiger partial charge in [-0.2, -0.15) is 0 Å². The number of amides is 1. The number of carboxylic acid groups (broad SMARTS) is 1. The van der Waals surface area contributed by atoms with Gasteiger partial charge in [-0.3, -0.25) is 9.59 Å². The second-order valence-electron chi connectivity index (χ2n) is 7.60. The predicted molar refractivity (Wildman–Crippen MR) is 91.3 cm³/mol. The third-order valence-corrected chi connectivity index (χ3v) is 7.22. The van der Waals surface area contributed by atoms with Gasteiger partial charge in [0.25, 0.3) is 5.91 Å². The van der Waals surface area contributed by atoms with Gasteiger partial charge in [0, 0.05) is 19.0 Å². The Kier molecular flexibility index (Phi) is 4.11. The van der Waals surface area contributed by atoms with Gasteiger partial charge in [-0.05, 0) is 44.4 Å². The Bertz CT molecular complexity index is 661. The molecule has 6 heteroatoms. The molecular formula is C18H24N2O3S. The monoisotopic (exact) mass is 348 g/mol. The summed E-state index contributed by atoms with van der Waals surface area (Å²) in [5.74, 6) is -0.0169. The van der Waals surface area contributed by atoms with Gasteiger partial charge in [0.1, 0.15) is 4.88 Å². The molecule has 1 aromatic heterocycles. The van der Waals surface area contributed by atoms with E-state index < -0.39 is 11.9 Å². The minimum absolute atomic E-state index is 0.0105. The highest BCUT2D eigenvalue weighted by atomic mass is 32.1. The van der Waals surface area contributed by atoms with E-state index in [1.165, 1.54) is 37.0 Å². The molecule has 1 N–H and O–H groups in total. The van der Waals surface area contributed by atoms with Crippen LogP contribution in [-0.2, 0) is 4.79 Å². The summed E-state index contributed by atoms with van der Waals surface area (Å²) in [7, 11) is 0. The molecule has 3 fully saturated rings. The van der Waals surface area contributed by atoms with Gasteiger partial charge < -0.3 is 10.0 Å². The first-order valence-electron chi connectivity index (χ1n) is 9.04. The van der Waals surface area contributed by atoms with Gasteiger partial charge in [-0.1, -0.05) is 12.8 Å². The number of rotatable bonds is 4. The lowest BCUT2D eigenvalue weighted by Gasteiger charge is -2.15. The van der Waals surface area contributed by atoms with Crippen LogP contribution in [0.15, 0.2) is 0 Å². The van der Waals surface area contributed by atoms with Crippen LogP contribution in [0.4, 0.5) is 0 Å². The quantitative estimate of drug-likeness (QED) is 0.906. The van der Waals surface area contributed by atoms with Crippen LogP contribution in [0, 0.1) is 24.7 Å². The molecule has 0 radical (unpaired) electrons. The summed E-state index contributed by atoms with van der Waals surface area (Å²) in [5.41, 5.74) is 0.814. The lowest BCUT2D eigenvalue weighted by Crippen LogP contribution is -2.29. The number of thiazole rings is 1. The van der Waals surface area contributed by atoms with E-state index in [-0.39, 0.29) is 11.8 Å². The molecular weight excluding hydrogens is 324 g/mol. The normalized spacial score (nSPS) is 27.8. The highest BCUT2D eigenvalue weighted by molar-refractivity contribution is 7.13. The average Bonchev–Trinajstić information content (AvgIpc) is 2.99. The Morgan fingerprint density at radius 3 is 2.50 bits per heavy atom. The van der Waals surface area contributed by atoms with Crippen LogP contribution < -0.4 is 0 Å². The molecule has 4 rings (SSSR count). The minimum Gasteiger partial charge on any atom is -0.481 e. The largest absolute Gasteiger partial charge is 0.481 e. The Morgan fingerprint density at radius 1 is 1.17 bits per heavy atom. The van der Waals surface area contributed by atoms with Gasteiger partial charge in [-0.25, -0.2) is 4.98 Å². The van der Waals surface area contributed by atoms with E-state index in [1.54, 1.807) is 4.90 Å². The lowest BCUT2D eigenvalue weighted by atomic mass is 9.92. The van der Waals surface area contributed by atoms with Crippen molar-refractivity contribution in [3.63, 3.8) is 0 Å². The van der Waals surface area contributed by atoms with Crippen molar-refractivity contribution in [1.29, 1.82) is 0 Å². The standard InChI is InChI=1S/C18H24N2O3S/c1-10-15(24-16(19-10)12-4-2-3-5-12)17(21)20-8-13(11-6-7-11)14(9-20)18(22)23/h11-14H,2-9H2,1H3,(H,22,23)/t13-,14+/m1/s1. The van der Waals surface area contributed by atoms with Crippen LogP contribution in [0.25, 0.3) is 0 Å². The fourth-order valence-electron chi connectivity index (χ4n) is 4.36. The summed E-state index contributed by atoms with van der Waals surface area (Å²) in [4.78, 5) is 31.6. The Labute approximate surface area is 146 Å². The zero-order valence-corrected chi connectivity index (χ0v) is 14.8. The summed E-state index contributed by atoms with van der Waals surface area (Å²) in [6.45, 7) is 2.85. The highest BCUT2D eigenvalue weighted by Crippen LogP contribution is 2.45. The fraction of sp³-hybridized carbons (Fsp3) is 0.722. The molecule has 2 aliphatic carbocycles. The summed E-state index contributed by atoms with van der Waals surface area (Å²) in [6, 6.07) is 0. The topological polar surface area (TPSA) is 70.5 Å². The molecule has 1 amide bonds. The number of nitrogens with zero attached hydrogens (tertiary/aromatic N) is 2. The van der Waals surface area contributed by atoms with E-state index in [1.807, 2.05) is 6.92 Å². The van der Waals surface area contributed by atoms with Crippen molar-refractivity contribution in [2.75, 3.05) is 13.1 Å². The SMILES string of the molecule is Cc1nc(C2CCCC2)sc1C(=O)N1C[C@H](C(=O)O)[C@@H](C2CC2)C1. The second kappa shape index (κ2) is 6.14. The first-order chi connectivity index (χ1) is 11.5. The summed E-state index contributed by atoms with van der Waals surface area (Å²) in [5, 5.41) is 10.6. The number of aryl methyl sites for hydroxylation is 1. The molecule has 0 aromatic carbocycles. The van der Waals surface area contributed by atoms with Crippen LogP contribution in [0.3, 0.4) is 0 Å². The average molecular weight is 348 g/mol. The molecule has 1 saturated heterocycles. The number of hydrogen-bond acceptors (Lipinski definition) is 4. The number of aromatic nitrogens is 1. The van der Waals surface area contributed by atoms with E-state index in [2.05, 4.69) is 4.98 Å². The minimum atomic E-state index is -0.755. The Morgan fingerprint density at radius 2 is 1.88 bits per heavy atom. The van der Waals surface area contributed by atoms with Crippen molar-refractivity contribution < 1.29 is 14.7 Å². The summed E-state index contributed by atoms with van der Waals surface area (Å²) in [6.07, 6.45) is 7.08. The molecule has 0 spiro atoms. The van der Waals surface area contributed by atoms with Gasteiger partial charge in [0.15, 0.2) is 0 Å². The van der Waals surface area contributed by atoms with Crippen LogP contribution in [0.1, 0.15) is 64.8 Å². The molecule has 2 saturated carbocycles. The van der Waals surface area contributed by atoms with Crippen molar-refractivity contribution >= 4 is 23.2 Å². The second-order valence-corrected chi connectivity index (χ2v) is 8.63. The molecule has 1 aromatic rings. The lowest BCUT2D eigenvalue weighted by molar-refractivity contribution is -0.142. The number of carbonyl (C=O) groups is 2. The number of carbonyl (C=O) groups excluding carboxylic acids is 1. The first-order valence-corrected chi connectivity index (χ1v) is 9.85. The maximum absolute atomic E-state index is 13.0. The van der Waals surface area contributed by atoms with Gasteiger partial charge in [0.05, 0.1) is 16.6 Å². The molecule has 0 bridgehead atoms. The zero-order valence-electron chi connectivity index (χ0n) is 14.0. The predicted octanol–water partition coefficient (Wildman–Crippen LogP) is 3.29. The molecule has 0 unspecified atom stereocenters. The van der Waals surface area contributed by atoms with Crippen LogP contribution in [0.2, 0.25) is 0 Å². The molecule has 2 atom stereocenters. The van der Waals surface area contributed by atoms with Crippen molar-refractivity contribution in [2.24, 2.45) is 17.8 Å². The number of aliphatic carboxylic acids is 1. The van der Waals surface area contributed by atoms with Crippen molar-refractivity contribution in [3.8, 4) is 0 Å². The Hall–Kier alpha value is -1.43. The van der Waals surface area contributed by atoms with Crippen LogP contribution >= 0.6 is 11.3 Å². The zero-order chi connectivity index (χ0) is 16.8. The molecule has 3 aliphatic rings. The highest BCUT2D eigenvalue weighted by Gasteiger charge is 2.47. The molecule has 5 nitrogen and oxygen atoms in total. The van der Waals surface area contributed by atoms with Crippen molar-refractivity contribution in [3.05, 3.63) is 15.6 Å². The van der Waals surface area contributed by atoms with Gasteiger partial charge in [0.2, 0.25) is 0 Å². The maximum atomic E-state index is 13.0. The van der Waals surface area contributed by atoms with E-state index in [9.17, 15) is 14.7 Å². The van der Waals surface area contributed by atoms with Crippen LogP contribution in [-0.4, -0.2) is 40.0 Å². The number of likely N-dealkylation sites (tertiary alicyclic amines) is 1. The number of carboxylic acids is 1. The molecule has 1 aliphatic heterocycles. The van der Waals surface area contributed by atoms with Gasteiger partial charge in [-0.15, -0.1) is 11.3 Å². The third kappa shape index (κ3) is 2.85. The van der Waals surface area contributed by atoms with Crippen LogP contribution in [0.5, 0.6) is 0 Å². The Balaban J connectivity index is 1.52. The maximum Gasteiger partial charge on any atom is 0.308 e. The van der Waals surface area contributed by atoms with Crippen molar-refractivity contribution in [1.82, 2.24) is 9.88 Å². The smallest absolute Gasteiger partial charge is 0.308 e. The van der Waals surface area contributed by atoms with E-state index in [0.29, 0.717) is 24.9 Å². The molecule has 24 heavy (non-hydrogen) atoms.